The van der Waals surface area contributed by atoms with E-state index in [1.165, 1.54) is 95.6 Å². The smallest absolute Gasteiger partial charge is 0.00413 e. The van der Waals surface area contributed by atoms with Crippen molar-refractivity contribution in [1.29, 1.82) is 0 Å². The van der Waals surface area contributed by atoms with Gasteiger partial charge in [-0.2, -0.15) is 0 Å². The Hall–Kier alpha value is -0.790. The Kier molecular flexibility index (Phi) is 19.9. The Morgan fingerprint density at radius 3 is 1.79 bits per heavy atom. The summed E-state index contributed by atoms with van der Waals surface area (Å²) in [6.45, 7) is 6.86. The number of nitrogens with zero attached hydrogens (tertiary/aromatic N) is 1. The molecule has 1 rings (SSSR count). The van der Waals surface area contributed by atoms with Gasteiger partial charge in [-0.3, -0.25) is 0 Å². The molecule has 0 aliphatic rings. The van der Waals surface area contributed by atoms with Crippen LogP contribution in [0.2, 0.25) is 0 Å². The Morgan fingerprint density at radius 1 is 0.759 bits per heavy atom. The van der Waals surface area contributed by atoms with Crippen molar-refractivity contribution in [3.63, 3.8) is 0 Å². The second-order valence-electron chi connectivity index (χ2n) is 8.56. The first kappa shape index (κ1) is 28.2. The Bertz CT molecular complexity index is 471. The Balaban J connectivity index is 0.00000784. The van der Waals surface area contributed by atoms with E-state index in [0.717, 1.165) is 6.54 Å². The predicted octanol–water partition coefficient (Wildman–Crippen LogP) is 8.78. The van der Waals surface area contributed by atoms with Crippen molar-refractivity contribution in [2.75, 3.05) is 20.1 Å². The maximum Gasteiger partial charge on any atom is 0.00413 e. The Morgan fingerprint density at radius 2 is 1.28 bits per heavy atom. The lowest BCUT2D eigenvalue weighted by Gasteiger charge is -2.20. The molecule has 29 heavy (non-hydrogen) atoms. The fourth-order valence-corrected chi connectivity index (χ4v) is 3.84. The van der Waals surface area contributed by atoms with Crippen LogP contribution in [-0.2, 0) is 0 Å². The normalized spacial score (nSPS) is 12.4. The van der Waals surface area contributed by atoms with Crippen LogP contribution in [0.3, 0.4) is 0 Å². The van der Waals surface area contributed by atoms with E-state index in [1.807, 2.05) is 0 Å². The molecule has 0 saturated carbocycles. The fourth-order valence-electron chi connectivity index (χ4n) is 3.84. The summed E-state index contributed by atoms with van der Waals surface area (Å²) >= 11 is 0. The van der Waals surface area contributed by atoms with Crippen LogP contribution in [0.1, 0.15) is 103 Å². The summed E-state index contributed by atoms with van der Waals surface area (Å²) in [6.07, 6.45) is 23.2. The number of unbranched alkanes of at least 4 members (excludes halogenated alkanes) is 11. The van der Waals surface area contributed by atoms with Crippen molar-refractivity contribution in [2.24, 2.45) is 5.92 Å². The summed E-state index contributed by atoms with van der Waals surface area (Å²) in [5.74, 6) is 0.674. The van der Waals surface area contributed by atoms with Gasteiger partial charge in [0.2, 0.25) is 0 Å². The summed E-state index contributed by atoms with van der Waals surface area (Å²) < 4.78 is 0. The maximum atomic E-state index is 2.44. The third-order valence-electron chi connectivity index (χ3n) is 5.87. The van der Waals surface area contributed by atoms with Crippen molar-refractivity contribution in [1.82, 2.24) is 4.90 Å². The van der Waals surface area contributed by atoms with Crippen LogP contribution < -0.4 is 0 Å². The van der Waals surface area contributed by atoms with Crippen molar-refractivity contribution >= 4 is 18.5 Å². The van der Waals surface area contributed by atoms with Crippen molar-refractivity contribution < 1.29 is 0 Å². The molecule has 1 unspecified atom stereocenters. The van der Waals surface area contributed by atoms with Crippen LogP contribution in [0.4, 0.5) is 0 Å². The number of benzene rings is 1. The second kappa shape index (κ2) is 20.5. The molecule has 0 radical (unpaired) electrons. The summed E-state index contributed by atoms with van der Waals surface area (Å²) in [7, 11) is 2.24. The molecular formula is C27H48ClN. The highest BCUT2D eigenvalue weighted by atomic mass is 35.5. The molecule has 0 N–H and O–H groups in total. The van der Waals surface area contributed by atoms with E-state index in [0.29, 0.717) is 5.92 Å². The highest BCUT2D eigenvalue weighted by Gasteiger charge is 2.07. The largest absolute Gasteiger partial charge is 0.306 e. The average molecular weight is 422 g/mol. The van der Waals surface area contributed by atoms with Gasteiger partial charge in [-0.1, -0.05) is 133 Å². The van der Waals surface area contributed by atoms with E-state index < -0.39 is 0 Å². The van der Waals surface area contributed by atoms with Crippen molar-refractivity contribution in [3.8, 4) is 0 Å². The zero-order chi connectivity index (χ0) is 20.3. The van der Waals surface area contributed by atoms with E-state index in [9.17, 15) is 0 Å². The third kappa shape index (κ3) is 16.7. The number of halogens is 1. The highest BCUT2D eigenvalue weighted by molar-refractivity contribution is 5.85. The summed E-state index contributed by atoms with van der Waals surface area (Å²) in [5.41, 5.74) is 1.32. The summed E-state index contributed by atoms with van der Waals surface area (Å²) in [4.78, 5) is 2.44. The topological polar surface area (TPSA) is 3.24 Å². The Labute approximate surface area is 188 Å². The molecule has 0 aliphatic carbocycles. The molecule has 1 atom stereocenters. The van der Waals surface area contributed by atoms with Gasteiger partial charge >= 0.3 is 0 Å². The predicted molar refractivity (Wildman–Crippen MR) is 135 cm³/mol. The first-order valence-electron chi connectivity index (χ1n) is 12.2. The lowest BCUT2D eigenvalue weighted by Crippen LogP contribution is -2.24. The van der Waals surface area contributed by atoms with Crippen LogP contribution in [0.5, 0.6) is 0 Å². The molecule has 1 nitrogen and oxygen atoms in total. The number of hydrogen-bond acceptors (Lipinski definition) is 1. The molecule has 0 amide bonds. The SMILES string of the molecule is CCCCCCCCCCCCCCC(C=Cc1ccccc1)CN(C)CC.Cl. The van der Waals surface area contributed by atoms with Gasteiger partial charge < -0.3 is 4.90 Å². The monoisotopic (exact) mass is 421 g/mol. The first-order valence-corrected chi connectivity index (χ1v) is 12.2. The van der Waals surface area contributed by atoms with Gasteiger partial charge in [-0.15, -0.1) is 12.4 Å². The third-order valence-corrected chi connectivity index (χ3v) is 5.87. The zero-order valence-electron chi connectivity index (χ0n) is 19.6. The van der Waals surface area contributed by atoms with Gasteiger partial charge in [0.1, 0.15) is 0 Å². The van der Waals surface area contributed by atoms with Gasteiger partial charge in [0.15, 0.2) is 0 Å². The molecule has 0 aliphatic heterocycles. The molecular weight excluding hydrogens is 374 g/mol. The first-order chi connectivity index (χ1) is 13.8. The van der Waals surface area contributed by atoms with Gasteiger partial charge in [0.05, 0.1) is 0 Å². The van der Waals surface area contributed by atoms with Crippen LogP contribution >= 0.6 is 12.4 Å². The van der Waals surface area contributed by atoms with E-state index in [-0.39, 0.29) is 12.4 Å². The quantitative estimate of drug-likeness (QED) is 0.214. The van der Waals surface area contributed by atoms with Crippen molar-refractivity contribution in [2.45, 2.75) is 97.3 Å². The molecule has 0 heterocycles. The molecule has 2 heteroatoms. The summed E-state index contributed by atoms with van der Waals surface area (Å²) in [5, 5.41) is 0. The molecule has 1 aromatic carbocycles. The van der Waals surface area contributed by atoms with E-state index >= 15 is 0 Å². The molecule has 0 fully saturated rings. The van der Waals surface area contributed by atoms with Gasteiger partial charge in [0, 0.05) is 6.54 Å². The molecule has 0 bridgehead atoms. The minimum absolute atomic E-state index is 0. The zero-order valence-corrected chi connectivity index (χ0v) is 20.4. The molecule has 0 aromatic heterocycles. The fraction of sp³-hybridized carbons (Fsp3) is 0.704. The number of hydrogen-bond donors (Lipinski definition) is 0. The lowest BCUT2D eigenvalue weighted by molar-refractivity contribution is 0.303. The molecule has 168 valence electrons. The van der Waals surface area contributed by atoms with Crippen LogP contribution in [0.15, 0.2) is 36.4 Å². The van der Waals surface area contributed by atoms with E-state index in [1.54, 1.807) is 0 Å². The van der Waals surface area contributed by atoms with Crippen LogP contribution in [-0.4, -0.2) is 25.0 Å². The molecule has 0 saturated heterocycles. The van der Waals surface area contributed by atoms with Crippen LogP contribution in [0.25, 0.3) is 6.08 Å². The van der Waals surface area contributed by atoms with Crippen molar-refractivity contribution in [3.05, 3.63) is 42.0 Å². The van der Waals surface area contributed by atoms with Gasteiger partial charge in [0.25, 0.3) is 0 Å². The second-order valence-corrected chi connectivity index (χ2v) is 8.56. The van der Waals surface area contributed by atoms with E-state index in [2.05, 4.69) is 68.3 Å². The lowest BCUT2D eigenvalue weighted by atomic mass is 9.98. The van der Waals surface area contributed by atoms with Gasteiger partial charge in [-0.25, -0.2) is 0 Å². The minimum atomic E-state index is 0. The average Bonchev–Trinajstić information content (AvgIpc) is 2.73. The standard InChI is InChI=1S/C27H47N.ClH/c1-4-6-7-8-9-10-11-12-13-14-15-17-22-27(25-28(3)5-2)24-23-26-20-18-16-19-21-26;/h16,18-21,23-24,27H,4-15,17,22,25H2,1-3H3;1H. The number of rotatable bonds is 18. The molecule has 0 spiro atoms. The van der Waals surface area contributed by atoms with Gasteiger partial charge in [-0.05, 0) is 31.5 Å². The molecule has 1 aromatic rings. The maximum absolute atomic E-state index is 2.44. The van der Waals surface area contributed by atoms with E-state index in [4.69, 9.17) is 0 Å². The minimum Gasteiger partial charge on any atom is -0.306 e. The highest BCUT2D eigenvalue weighted by Crippen LogP contribution is 2.17. The van der Waals surface area contributed by atoms with Crippen LogP contribution in [0, 0.1) is 5.92 Å². The summed E-state index contributed by atoms with van der Waals surface area (Å²) in [6, 6.07) is 10.7.